The summed E-state index contributed by atoms with van der Waals surface area (Å²) in [5, 5.41) is 6.07. The van der Waals surface area contributed by atoms with Gasteiger partial charge in [0, 0.05) is 19.2 Å². The Hall–Kier alpha value is -1.69. The highest BCUT2D eigenvalue weighted by Gasteiger charge is 2.15. The van der Waals surface area contributed by atoms with Crippen LogP contribution in [0.5, 0.6) is 0 Å². The van der Waals surface area contributed by atoms with Crippen molar-refractivity contribution in [2.75, 3.05) is 32.7 Å². The first-order chi connectivity index (χ1) is 9.62. The van der Waals surface area contributed by atoms with Gasteiger partial charge in [0.05, 0.1) is 0 Å². The molecule has 6 heteroatoms. The molecule has 0 saturated carbocycles. The summed E-state index contributed by atoms with van der Waals surface area (Å²) in [6, 6.07) is 2.79. The highest BCUT2D eigenvalue weighted by Crippen LogP contribution is 2.01. The third-order valence-electron chi connectivity index (χ3n) is 3.36. The van der Waals surface area contributed by atoms with Gasteiger partial charge < -0.3 is 9.80 Å². The number of aromatic nitrogens is 2. The van der Waals surface area contributed by atoms with E-state index in [1.807, 2.05) is 6.92 Å². The predicted octanol–water partition coefficient (Wildman–Crippen LogP) is 0.964. The maximum atomic E-state index is 12.2. The lowest BCUT2D eigenvalue weighted by Gasteiger charge is -2.23. The lowest BCUT2D eigenvalue weighted by molar-refractivity contribution is 0.0750. The molecule has 0 fully saturated rings. The quantitative estimate of drug-likeness (QED) is 0.770. The summed E-state index contributed by atoms with van der Waals surface area (Å²) in [6.45, 7) is 10.6. The minimum absolute atomic E-state index is 0.136. The number of aromatic amines is 1. The molecular formula is C14H24N4O2. The Morgan fingerprint density at radius 3 is 2.35 bits per heavy atom. The molecule has 0 aliphatic heterocycles. The average molecular weight is 280 g/mol. The Labute approximate surface area is 119 Å². The molecule has 0 unspecified atom stereocenters. The van der Waals surface area contributed by atoms with Crippen LogP contribution in [0, 0.1) is 0 Å². The van der Waals surface area contributed by atoms with E-state index in [9.17, 15) is 9.59 Å². The molecule has 112 valence electrons. The fourth-order valence-electron chi connectivity index (χ4n) is 2.05. The Kier molecular flexibility index (Phi) is 6.93. The van der Waals surface area contributed by atoms with E-state index in [0.29, 0.717) is 13.1 Å². The molecule has 0 spiro atoms. The van der Waals surface area contributed by atoms with E-state index in [0.717, 1.165) is 26.1 Å². The van der Waals surface area contributed by atoms with Gasteiger partial charge in [0.2, 0.25) is 0 Å². The molecular weight excluding hydrogens is 256 g/mol. The Bertz CT molecular complexity index is 448. The van der Waals surface area contributed by atoms with Gasteiger partial charge in [-0.25, -0.2) is 5.10 Å². The van der Waals surface area contributed by atoms with Crippen LogP contribution in [0.1, 0.15) is 37.7 Å². The van der Waals surface area contributed by atoms with Crippen molar-refractivity contribution in [1.82, 2.24) is 20.0 Å². The number of hydrogen-bond acceptors (Lipinski definition) is 4. The van der Waals surface area contributed by atoms with Crippen LogP contribution in [-0.4, -0.2) is 58.6 Å². The molecule has 1 aromatic heterocycles. The van der Waals surface area contributed by atoms with Crippen molar-refractivity contribution in [3.05, 3.63) is 28.2 Å². The van der Waals surface area contributed by atoms with Crippen LogP contribution in [0.4, 0.5) is 0 Å². The zero-order chi connectivity index (χ0) is 15.0. The number of nitrogens with one attached hydrogen (secondary N) is 1. The Morgan fingerprint density at radius 2 is 1.85 bits per heavy atom. The van der Waals surface area contributed by atoms with Gasteiger partial charge in [-0.15, -0.1) is 0 Å². The summed E-state index contributed by atoms with van der Waals surface area (Å²) in [5.74, 6) is -0.136. The monoisotopic (exact) mass is 280 g/mol. The molecule has 0 aliphatic rings. The number of hydrogen-bond donors (Lipinski definition) is 1. The van der Waals surface area contributed by atoms with Gasteiger partial charge in [0.25, 0.3) is 11.5 Å². The molecule has 1 N–H and O–H groups in total. The highest BCUT2D eigenvalue weighted by molar-refractivity contribution is 5.92. The van der Waals surface area contributed by atoms with Crippen LogP contribution in [-0.2, 0) is 0 Å². The molecule has 1 heterocycles. The van der Waals surface area contributed by atoms with Crippen molar-refractivity contribution in [1.29, 1.82) is 0 Å². The Balaban J connectivity index is 2.55. The molecule has 6 nitrogen and oxygen atoms in total. The first kappa shape index (κ1) is 16.4. The van der Waals surface area contributed by atoms with Crippen LogP contribution in [0.15, 0.2) is 16.9 Å². The van der Waals surface area contributed by atoms with E-state index >= 15 is 0 Å². The van der Waals surface area contributed by atoms with Gasteiger partial charge in [-0.05, 0) is 39.0 Å². The van der Waals surface area contributed by atoms with Gasteiger partial charge in [-0.1, -0.05) is 13.8 Å². The summed E-state index contributed by atoms with van der Waals surface area (Å²) >= 11 is 0. The summed E-state index contributed by atoms with van der Waals surface area (Å²) in [4.78, 5) is 27.3. The predicted molar refractivity (Wildman–Crippen MR) is 78.8 cm³/mol. The standard InChI is InChI=1S/C14H24N4O2/c1-4-17(5-2)10-7-11-18(6-3)14(20)12-8-9-13(19)16-15-12/h8-9H,4-7,10-11H2,1-3H3,(H,16,19). The minimum atomic E-state index is -0.300. The van der Waals surface area contributed by atoms with Gasteiger partial charge in [-0.3, -0.25) is 9.59 Å². The molecule has 1 aromatic rings. The van der Waals surface area contributed by atoms with Crippen LogP contribution < -0.4 is 5.56 Å². The third kappa shape index (κ3) is 4.77. The molecule has 1 rings (SSSR count). The molecule has 0 aromatic carbocycles. The number of H-pyrrole nitrogens is 1. The smallest absolute Gasteiger partial charge is 0.274 e. The second kappa shape index (κ2) is 8.47. The van der Waals surface area contributed by atoms with Crippen molar-refractivity contribution in [3.8, 4) is 0 Å². The maximum Gasteiger partial charge on any atom is 0.274 e. The molecule has 0 bridgehead atoms. The zero-order valence-corrected chi connectivity index (χ0v) is 12.6. The largest absolute Gasteiger partial charge is 0.337 e. The topological polar surface area (TPSA) is 69.3 Å². The summed E-state index contributed by atoms with van der Waals surface area (Å²) in [5.41, 5.74) is -0.0135. The van der Waals surface area contributed by atoms with Gasteiger partial charge in [0.1, 0.15) is 5.69 Å². The summed E-state index contributed by atoms with van der Waals surface area (Å²) in [7, 11) is 0. The van der Waals surface area contributed by atoms with Crippen molar-refractivity contribution >= 4 is 5.91 Å². The number of amides is 1. The van der Waals surface area contributed by atoms with Gasteiger partial charge in [0.15, 0.2) is 0 Å². The molecule has 0 aliphatic carbocycles. The number of carbonyl (C=O) groups is 1. The van der Waals surface area contributed by atoms with Crippen LogP contribution >= 0.6 is 0 Å². The van der Waals surface area contributed by atoms with Gasteiger partial charge >= 0.3 is 0 Å². The minimum Gasteiger partial charge on any atom is -0.337 e. The van der Waals surface area contributed by atoms with Crippen LogP contribution in [0.2, 0.25) is 0 Å². The van der Waals surface area contributed by atoms with E-state index < -0.39 is 0 Å². The zero-order valence-electron chi connectivity index (χ0n) is 12.6. The first-order valence-corrected chi connectivity index (χ1v) is 7.19. The molecule has 0 atom stereocenters. The first-order valence-electron chi connectivity index (χ1n) is 7.19. The normalized spacial score (nSPS) is 10.8. The van der Waals surface area contributed by atoms with E-state index in [4.69, 9.17) is 0 Å². The van der Waals surface area contributed by atoms with Crippen molar-refractivity contribution in [2.45, 2.75) is 27.2 Å². The lowest BCUT2D eigenvalue weighted by atomic mass is 10.3. The number of nitrogens with zero attached hydrogens (tertiary/aromatic N) is 3. The van der Waals surface area contributed by atoms with Crippen LogP contribution in [0.25, 0.3) is 0 Å². The molecule has 1 amide bonds. The highest BCUT2D eigenvalue weighted by atomic mass is 16.2. The van der Waals surface area contributed by atoms with E-state index in [1.54, 1.807) is 4.90 Å². The molecule has 0 saturated heterocycles. The second-order valence-electron chi connectivity index (χ2n) is 4.57. The SMILES string of the molecule is CCN(CC)CCCN(CC)C(=O)c1ccc(=O)[nH]n1. The average Bonchev–Trinajstić information content (AvgIpc) is 2.48. The maximum absolute atomic E-state index is 12.2. The Morgan fingerprint density at radius 1 is 1.15 bits per heavy atom. The van der Waals surface area contributed by atoms with E-state index in [2.05, 4.69) is 28.9 Å². The molecule has 0 radical (unpaired) electrons. The van der Waals surface area contributed by atoms with E-state index in [-0.39, 0.29) is 17.2 Å². The van der Waals surface area contributed by atoms with Crippen molar-refractivity contribution < 1.29 is 4.79 Å². The fraction of sp³-hybridized carbons (Fsp3) is 0.643. The van der Waals surface area contributed by atoms with Crippen molar-refractivity contribution in [2.24, 2.45) is 0 Å². The molecule has 20 heavy (non-hydrogen) atoms. The number of rotatable bonds is 8. The van der Waals surface area contributed by atoms with Gasteiger partial charge in [-0.2, -0.15) is 5.10 Å². The fourth-order valence-corrected chi connectivity index (χ4v) is 2.05. The second-order valence-corrected chi connectivity index (χ2v) is 4.57. The lowest BCUT2D eigenvalue weighted by Crippen LogP contribution is -2.35. The number of carbonyl (C=O) groups excluding carboxylic acids is 1. The van der Waals surface area contributed by atoms with Crippen molar-refractivity contribution in [3.63, 3.8) is 0 Å². The van der Waals surface area contributed by atoms with E-state index in [1.165, 1.54) is 12.1 Å². The summed E-state index contributed by atoms with van der Waals surface area (Å²) in [6.07, 6.45) is 0.935. The van der Waals surface area contributed by atoms with Crippen LogP contribution in [0.3, 0.4) is 0 Å². The third-order valence-corrected chi connectivity index (χ3v) is 3.36. The summed E-state index contributed by atoms with van der Waals surface area (Å²) < 4.78 is 0.